The zero-order chi connectivity index (χ0) is 11.1. The maximum Gasteiger partial charge on any atom is 0.0933 e. The van der Waals surface area contributed by atoms with Crippen LogP contribution < -0.4 is 5.48 Å². The lowest BCUT2D eigenvalue weighted by molar-refractivity contribution is 0.000267. The van der Waals surface area contributed by atoms with Gasteiger partial charge in [-0.15, -0.1) is 0 Å². The van der Waals surface area contributed by atoms with Crippen LogP contribution in [0.3, 0.4) is 0 Å². The van der Waals surface area contributed by atoms with E-state index >= 15 is 0 Å². The molecule has 0 aliphatic heterocycles. The van der Waals surface area contributed by atoms with Gasteiger partial charge >= 0.3 is 0 Å². The standard InChI is InChI=1S/C14H21NO/c1-2-7-11-14(10-6-1)15-16-12-13-8-4-3-5-9-13/h3-5,8-9,14-15H,1-2,6-7,10-12H2. The van der Waals surface area contributed by atoms with Crippen molar-refractivity contribution in [2.75, 3.05) is 0 Å². The van der Waals surface area contributed by atoms with Crippen LogP contribution in [-0.4, -0.2) is 6.04 Å². The minimum atomic E-state index is 0.561. The van der Waals surface area contributed by atoms with Gasteiger partial charge in [-0.25, -0.2) is 0 Å². The first-order valence-corrected chi connectivity index (χ1v) is 6.36. The monoisotopic (exact) mass is 219 g/mol. The van der Waals surface area contributed by atoms with Crippen LogP contribution in [0.2, 0.25) is 0 Å². The molecular weight excluding hydrogens is 198 g/mol. The summed E-state index contributed by atoms with van der Waals surface area (Å²) in [7, 11) is 0. The van der Waals surface area contributed by atoms with E-state index in [4.69, 9.17) is 4.84 Å². The summed E-state index contributed by atoms with van der Waals surface area (Å²) in [6.07, 6.45) is 7.97. The fourth-order valence-corrected chi connectivity index (χ4v) is 2.21. The summed E-state index contributed by atoms with van der Waals surface area (Å²) in [6.45, 7) is 0.664. The Kier molecular flexibility index (Phi) is 4.84. The van der Waals surface area contributed by atoms with Crippen LogP contribution in [0, 0.1) is 0 Å². The molecule has 0 bridgehead atoms. The van der Waals surface area contributed by atoms with Gasteiger partial charge in [0.05, 0.1) is 6.61 Å². The quantitative estimate of drug-likeness (QED) is 0.619. The molecule has 2 rings (SSSR count). The molecule has 1 aliphatic rings. The molecule has 1 fully saturated rings. The van der Waals surface area contributed by atoms with Gasteiger partial charge in [0.2, 0.25) is 0 Å². The second-order valence-corrected chi connectivity index (χ2v) is 4.58. The minimum Gasteiger partial charge on any atom is -0.297 e. The van der Waals surface area contributed by atoms with E-state index in [-0.39, 0.29) is 0 Å². The highest BCUT2D eigenvalue weighted by atomic mass is 16.6. The van der Waals surface area contributed by atoms with E-state index in [9.17, 15) is 0 Å². The molecule has 16 heavy (non-hydrogen) atoms. The van der Waals surface area contributed by atoms with Crippen LogP contribution >= 0.6 is 0 Å². The molecule has 2 nitrogen and oxygen atoms in total. The Labute approximate surface area is 98.0 Å². The number of hydroxylamine groups is 1. The smallest absolute Gasteiger partial charge is 0.0933 e. The summed E-state index contributed by atoms with van der Waals surface area (Å²) in [5.74, 6) is 0. The van der Waals surface area contributed by atoms with Crippen molar-refractivity contribution in [3.63, 3.8) is 0 Å². The van der Waals surface area contributed by atoms with Crippen molar-refractivity contribution in [2.45, 2.75) is 51.2 Å². The molecule has 0 amide bonds. The van der Waals surface area contributed by atoms with Gasteiger partial charge < -0.3 is 0 Å². The molecule has 0 saturated heterocycles. The van der Waals surface area contributed by atoms with Gasteiger partial charge in [-0.1, -0.05) is 56.0 Å². The van der Waals surface area contributed by atoms with E-state index in [1.807, 2.05) is 18.2 Å². The van der Waals surface area contributed by atoms with E-state index in [0.29, 0.717) is 12.6 Å². The predicted molar refractivity (Wildman–Crippen MR) is 65.9 cm³/mol. The summed E-state index contributed by atoms with van der Waals surface area (Å²) in [6, 6.07) is 10.9. The van der Waals surface area contributed by atoms with Crippen LogP contribution in [-0.2, 0) is 11.4 Å². The Bertz CT molecular complexity index is 278. The third-order valence-corrected chi connectivity index (χ3v) is 3.19. The molecule has 0 aromatic heterocycles. The van der Waals surface area contributed by atoms with Crippen molar-refractivity contribution >= 4 is 0 Å². The maximum absolute atomic E-state index is 5.56. The van der Waals surface area contributed by atoms with Gasteiger partial charge in [0.15, 0.2) is 0 Å². The number of hydrogen-bond donors (Lipinski definition) is 1. The van der Waals surface area contributed by atoms with Gasteiger partial charge in [0.1, 0.15) is 0 Å². The molecule has 1 aromatic carbocycles. The average molecular weight is 219 g/mol. The summed E-state index contributed by atoms with van der Waals surface area (Å²) >= 11 is 0. The fourth-order valence-electron chi connectivity index (χ4n) is 2.21. The molecule has 0 unspecified atom stereocenters. The first-order chi connectivity index (χ1) is 7.95. The van der Waals surface area contributed by atoms with Gasteiger partial charge in [-0.3, -0.25) is 4.84 Å². The van der Waals surface area contributed by atoms with E-state index in [1.54, 1.807) is 0 Å². The van der Waals surface area contributed by atoms with Crippen molar-refractivity contribution in [3.8, 4) is 0 Å². The molecule has 2 heteroatoms. The second kappa shape index (κ2) is 6.66. The van der Waals surface area contributed by atoms with Crippen molar-refractivity contribution < 1.29 is 4.84 Å². The second-order valence-electron chi connectivity index (χ2n) is 4.58. The van der Waals surface area contributed by atoms with Crippen molar-refractivity contribution in [1.29, 1.82) is 0 Å². The predicted octanol–water partition coefficient (Wildman–Crippen LogP) is 3.43. The van der Waals surface area contributed by atoms with Crippen LogP contribution in [0.5, 0.6) is 0 Å². The van der Waals surface area contributed by atoms with Crippen LogP contribution in [0.15, 0.2) is 30.3 Å². The summed E-state index contributed by atoms with van der Waals surface area (Å²) in [5, 5.41) is 0. The van der Waals surface area contributed by atoms with E-state index in [0.717, 1.165) is 0 Å². The van der Waals surface area contributed by atoms with Gasteiger partial charge in [-0.2, -0.15) is 5.48 Å². The van der Waals surface area contributed by atoms with Crippen LogP contribution in [0.25, 0.3) is 0 Å². The molecule has 0 heterocycles. The lowest BCUT2D eigenvalue weighted by Crippen LogP contribution is -2.28. The first-order valence-electron chi connectivity index (χ1n) is 6.36. The number of rotatable bonds is 4. The summed E-state index contributed by atoms with van der Waals surface area (Å²) < 4.78 is 0. The summed E-state index contributed by atoms with van der Waals surface area (Å²) in [4.78, 5) is 5.56. The summed E-state index contributed by atoms with van der Waals surface area (Å²) in [5.41, 5.74) is 4.44. The maximum atomic E-state index is 5.56. The first kappa shape index (κ1) is 11.6. The lowest BCUT2D eigenvalue weighted by atomic mass is 10.1. The normalized spacial score (nSPS) is 18.2. The Morgan fingerprint density at radius 2 is 1.69 bits per heavy atom. The van der Waals surface area contributed by atoms with Crippen LogP contribution in [0.4, 0.5) is 0 Å². The highest BCUT2D eigenvalue weighted by Gasteiger charge is 2.11. The molecule has 0 spiro atoms. The molecule has 1 aliphatic carbocycles. The molecule has 1 aromatic rings. The zero-order valence-electron chi connectivity index (χ0n) is 9.82. The van der Waals surface area contributed by atoms with Crippen LogP contribution in [0.1, 0.15) is 44.1 Å². The SMILES string of the molecule is c1ccc(CONC2CCCCCC2)cc1. The molecule has 1 saturated carbocycles. The highest BCUT2D eigenvalue weighted by molar-refractivity contribution is 5.13. The minimum absolute atomic E-state index is 0.561. The Morgan fingerprint density at radius 3 is 2.38 bits per heavy atom. The average Bonchev–Trinajstić information content (AvgIpc) is 2.59. The van der Waals surface area contributed by atoms with Gasteiger partial charge in [-0.05, 0) is 18.4 Å². The molecule has 88 valence electrons. The Morgan fingerprint density at radius 1 is 1.00 bits per heavy atom. The number of benzene rings is 1. The zero-order valence-corrected chi connectivity index (χ0v) is 9.82. The molecule has 1 N–H and O–H groups in total. The van der Waals surface area contributed by atoms with Crippen molar-refractivity contribution in [2.24, 2.45) is 0 Å². The van der Waals surface area contributed by atoms with E-state index < -0.39 is 0 Å². The number of nitrogens with one attached hydrogen (secondary N) is 1. The van der Waals surface area contributed by atoms with E-state index in [1.165, 1.54) is 44.1 Å². The van der Waals surface area contributed by atoms with E-state index in [2.05, 4.69) is 17.6 Å². The Hall–Kier alpha value is -0.860. The van der Waals surface area contributed by atoms with Crippen molar-refractivity contribution in [1.82, 2.24) is 5.48 Å². The number of hydrogen-bond acceptors (Lipinski definition) is 2. The molecule has 0 radical (unpaired) electrons. The fraction of sp³-hybridized carbons (Fsp3) is 0.571. The lowest BCUT2D eigenvalue weighted by Gasteiger charge is -2.15. The Balaban J connectivity index is 1.67. The topological polar surface area (TPSA) is 21.3 Å². The largest absolute Gasteiger partial charge is 0.297 e. The highest BCUT2D eigenvalue weighted by Crippen LogP contribution is 2.17. The van der Waals surface area contributed by atoms with Gasteiger partial charge in [0.25, 0.3) is 0 Å². The molecular formula is C14H21NO. The third-order valence-electron chi connectivity index (χ3n) is 3.19. The molecule has 0 atom stereocenters. The van der Waals surface area contributed by atoms with Crippen molar-refractivity contribution in [3.05, 3.63) is 35.9 Å². The third kappa shape index (κ3) is 3.95. The van der Waals surface area contributed by atoms with Gasteiger partial charge in [0, 0.05) is 6.04 Å².